The summed E-state index contributed by atoms with van der Waals surface area (Å²) >= 11 is 0. The summed E-state index contributed by atoms with van der Waals surface area (Å²) in [5.41, 5.74) is 0.900. The van der Waals surface area contributed by atoms with Gasteiger partial charge in [0.15, 0.2) is 0 Å². The molecule has 0 aromatic heterocycles. The summed E-state index contributed by atoms with van der Waals surface area (Å²) in [6, 6.07) is 15.1. The largest absolute Gasteiger partial charge is 0.463 e. The maximum Gasteiger partial charge on any atom is 0.338 e. The summed E-state index contributed by atoms with van der Waals surface area (Å²) < 4.78 is 21.4. The van der Waals surface area contributed by atoms with Crippen molar-refractivity contribution in [3.8, 4) is 5.75 Å². The summed E-state index contributed by atoms with van der Waals surface area (Å²) in [4.78, 5) is 23.2. The van der Waals surface area contributed by atoms with Crippen molar-refractivity contribution in [1.82, 2.24) is 0 Å². The Morgan fingerprint density at radius 2 is 1.58 bits per heavy atom. The number of hydrogen-bond acceptors (Lipinski definition) is 9. The molecule has 1 heterocycles. The van der Waals surface area contributed by atoms with Crippen LogP contribution in [0.5, 0.6) is 5.75 Å². The van der Waals surface area contributed by atoms with Gasteiger partial charge in [0.2, 0.25) is 6.29 Å². The van der Waals surface area contributed by atoms with Crippen LogP contribution >= 0.6 is 0 Å². The summed E-state index contributed by atoms with van der Waals surface area (Å²) in [5, 5.41) is 30.5. The third-order valence-electron chi connectivity index (χ3n) is 4.70. The SMILES string of the molecule is CC(=O)OC[C@H]1O[C@@H](Oc2ccccc2COC(=O)c2ccccc2)[C@H](O)[C@@H](O)[C@@H]1O. The first-order valence-electron chi connectivity index (χ1n) is 9.66. The average molecular weight is 432 g/mol. The Balaban J connectivity index is 1.68. The van der Waals surface area contributed by atoms with E-state index in [9.17, 15) is 24.9 Å². The molecule has 3 N–H and O–H groups in total. The first-order chi connectivity index (χ1) is 14.9. The maximum absolute atomic E-state index is 12.2. The molecule has 166 valence electrons. The fourth-order valence-electron chi connectivity index (χ4n) is 3.02. The molecule has 1 fully saturated rings. The lowest BCUT2D eigenvalue weighted by molar-refractivity contribution is -0.278. The van der Waals surface area contributed by atoms with Crippen LogP contribution in [0, 0.1) is 0 Å². The monoisotopic (exact) mass is 432 g/mol. The van der Waals surface area contributed by atoms with Gasteiger partial charge in [-0.2, -0.15) is 0 Å². The van der Waals surface area contributed by atoms with Crippen molar-refractivity contribution in [2.45, 2.75) is 44.2 Å². The molecular formula is C22H24O9. The van der Waals surface area contributed by atoms with E-state index in [0.717, 1.165) is 0 Å². The first kappa shape index (κ1) is 22.7. The highest BCUT2D eigenvalue weighted by atomic mass is 16.7. The van der Waals surface area contributed by atoms with Crippen molar-refractivity contribution < 1.29 is 43.9 Å². The number of aliphatic hydroxyl groups is 3. The Kier molecular flexibility index (Phi) is 7.59. The van der Waals surface area contributed by atoms with Crippen molar-refractivity contribution >= 4 is 11.9 Å². The van der Waals surface area contributed by atoms with E-state index in [4.69, 9.17) is 18.9 Å². The van der Waals surface area contributed by atoms with E-state index in [1.165, 1.54) is 6.92 Å². The predicted octanol–water partition coefficient (Wildman–Crippen LogP) is 0.793. The lowest BCUT2D eigenvalue weighted by Crippen LogP contribution is -2.60. The zero-order valence-electron chi connectivity index (χ0n) is 16.8. The number of esters is 2. The van der Waals surface area contributed by atoms with Crippen LogP contribution in [-0.2, 0) is 25.6 Å². The Hall–Kier alpha value is -2.98. The number of benzene rings is 2. The molecule has 0 unspecified atom stereocenters. The van der Waals surface area contributed by atoms with Crippen molar-refractivity contribution in [1.29, 1.82) is 0 Å². The van der Waals surface area contributed by atoms with Crippen LogP contribution in [-0.4, -0.2) is 64.6 Å². The van der Waals surface area contributed by atoms with Gasteiger partial charge in [0.05, 0.1) is 5.56 Å². The standard InChI is InChI=1S/C22H24O9/c1-13(23)28-12-17-18(24)19(25)20(26)22(31-17)30-16-10-6-5-9-15(16)11-29-21(27)14-7-3-2-4-8-14/h2-10,17-20,22,24-26H,11-12H2,1H3/t17-,18-,19+,20-,22-/m1/s1. The molecule has 2 aromatic rings. The molecule has 0 amide bonds. The fraction of sp³-hybridized carbons (Fsp3) is 0.364. The zero-order valence-corrected chi connectivity index (χ0v) is 16.8. The molecule has 9 nitrogen and oxygen atoms in total. The molecule has 2 aromatic carbocycles. The smallest absolute Gasteiger partial charge is 0.338 e. The minimum atomic E-state index is -1.58. The van der Waals surface area contributed by atoms with Gasteiger partial charge in [-0.15, -0.1) is 0 Å². The Morgan fingerprint density at radius 3 is 2.29 bits per heavy atom. The number of carbonyl (C=O) groups excluding carboxylic acids is 2. The Labute approximate surface area is 178 Å². The molecule has 9 heteroatoms. The first-order valence-corrected chi connectivity index (χ1v) is 9.66. The van der Waals surface area contributed by atoms with E-state index in [0.29, 0.717) is 11.1 Å². The molecule has 0 saturated carbocycles. The number of para-hydroxylation sites is 1. The van der Waals surface area contributed by atoms with Crippen molar-refractivity contribution in [2.24, 2.45) is 0 Å². The van der Waals surface area contributed by atoms with Crippen molar-refractivity contribution in [3.63, 3.8) is 0 Å². The molecule has 0 radical (unpaired) electrons. The van der Waals surface area contributed by atoms with E-state index in [-0.39, 0.29) is 19.0 Å². The molecule has 0 aliphatic carbocycles. The van der Waals surface area contributed by atoms with Crippen molar-refractivity contribution in [3.05, 3.63) is 65.7 Å². The Morgan fingerprint density at radius 1 is 0.903 bits per heavy atom. The summed E-state index contributed by atoms with van der Waals surface area (Å²) in [6.45, 7) is 0.771. The van der Waals surface area contributed by atoms with Gasteiger partial charge in [-0.1, -0.05) is 36.4 Å². The van der Waals surface area contributed by atoms with Crippen LogP contribution in [0.3, 0.4) is 0 Å². The van der Waals surface area contributed by atoms with Gasteiger partial charge in [-0.3, -0.25) is 4.79 Å². The number of aliphatic hydroxyl groups excluding tert-OH is 3. The normalized spacial score (nSPS) is 25.5. The molecule has 31 heavy (non-hydrogen) atoms. The summed E-state index contributed by atoms with van der Waals surface area (Å²) in [5.74, 6) is -0.842. The number of hydrogen-bond donors (Lipinski definition) is 3. The lowest BCUT2D eigenvalue weighted by atomic mass is 9.99. The highest BCUT2D eigenvalue weighted by Crippen LogP contribution is 2.27. The maximum atomic E-state index is 12.2. The molecule has 5 atom stereocenters. The lowest BCUT2D eigenvalue weighted by Gasteiger charge is -2.40. The van der Waals surface area contributed by atoms with Gasteiger partial charge >= 0.3 is 11.9 Å². The van der Waals surface area contributed by atoms with Gasteiger partial charge in [0.25, 0.3) is 0 Å². The predicted molar refractivity (Wildman–Crippen MR) is 106 cm³/mol. The highest BCUT2D eigenvalue weighted by Gasteiger charge is 2.45. The van der Waals surface area contributed by atoms with Gasteiger partial charge in [-0.05, 0) is 18.2 Å². The number of carbonyl (C=O) groups is 2. The van der Waals surface area contributed by atoms with Crippen LogP contribution in [0.4, 0.5) is 0 Å². The fourth-order valence-corrected chi connectivity index (χ4v) is 3.02. The van der Waals surface area contributed by atoms with Crippen LogP contribution < -0.4 is 4.74 Å². The van der Waals surface area contributed by atoms with Crippen LogP contribution in [0.15, 0.2) is 54.6 Å². The number of rotatable bonds is 7. The molecular weight excluding hydrogens is 408 g/mol. The number of ether oxygens (including phenoxy) is 4. The van der Waals surface area contributed by atoms with E-state index in [2.05, 4.69) is 0 Å². The second kappa shape index (κ2) is 10.4. The van der Waals surface area contributed by atoms with E-state index in [1.54, 1.807) is 54.6 Å². The van der Waals surface area contributed by atoms with Gasteiger partial charge in [-0.25, -0.2) is 4.79 Å². The zero-order chi connectivity index (χ0) is 22.4. The van der Waals surface area contributed by atoms with Gasteiger partial charge in [0, 0.05) is 12.5 Å². The third kappa shape index (κ3) is 5.80. The second-order valence-corrected chi connectivity index (χ2v) is 6.99. The summed E-state index contributed by atoms with van der Waals surface area (Å²) in [6.07, 6.45) is -7.08. The molecule has 0 spiro atoms. The highest BCUT2D eigenvalue weighted by molar-refractivity contribution is 5.89. The van der Waals surface area contributed by atoms with Crippen LogP contribution in [0.1, 0.15) is 22.8 Å². The minimum Gasteiger partial charge on any atom is -0.463 e. The molecule has 1 aliphatic heterocycles. The van der Waals surface area contributed by atoms with E-state index in [1.807, 2.05) is 0 Å². The van der Waals surface area contributed by atoms with E-state index >= 15 is 0 Å². The molecule has 3 rings (SSSR count). The second-order valence-electron chi connectivity index (χ2n) is 6.99. The molecule has 1 aliphatic rings. The van der Waals surface area contributed by atoms with E-state index < -0.39 is 42.6 Å². The van der Waals surface area contributed by atoms with Gasteiger partial charge < -0.3 is 34.3 Å². The summed E-state index contributed by atoms with van der Waals surface area (Å²) in [7, 11) is 0. The Bertz CT molecular complexity index is 886. The van der Waals surface area contributed by atoms with Crippen LogP contribution in [0.2, 0.25) is 0 Å². The minimum absolute atomic E-state index is 0.102. The van der Waals surface area contributed by atoms with Crippen LogP contribution in [0.25, 0.3) is 0 Å². The quantitative estimate of drug-likeness (QED) is 0.543. The molecule has 0 bridgehead atoms. The van der Waals surface area contributed by atoms with Crippen molar-refractivity contribution in [2.75, 3.05) is 6.61 Å². The van der Waals surface area contributed by atoms with Gasteiger partial charge in [0.1, 0.15) is 43.4 Å². The third-order valence-corrected chi connectivity index (χ3v) is 4.70. The molecule has 1 saturated heterocycles. The topological polar surface area (TPSA) is 132 Å². The average Bonchev–Trinajstić information content (AvgIpc) is 2.78.